The fourth-order valence-electron chi connectivity index (χ4n) is 2.58. The molecule has 1 amide bonds. The van der Waals surface area contributed by atoms with Crippen molar-refractivity contribution in [3.63, 3.8) is 0 Å². The SMILES string of the molecule is O=C(NCCN1CCOCC1)c1ccc(NCc2cccnc2)nc1. The molecule has 25 heavy (non-hydrogen) atoms. The smallest absolute Gasteiger partial charge is 0.252 e. The lowest BCUT2D eigenvalue weighted by Crippen LogP contribution is -2.41. The molecule has 1 fully saturated rings. The molecular formula is C18H23N5O2. The van der Waals surface area contributed by atoms with Crippen molar-refractivity contribution in [2.75, 3.05) is 44.7 Å². The van der Waals surface area contributed by atoms with Crippen molar-refractivity contribution < 1.29 is 9.53 Å². The Kier molecular flexibility index (Phi) is 6.30. The third-order valence-corrected chi connectivity index (χ3v) is 4.04. The standard InChI is InChI=1S/C18H23N5O2/c24-18(20-6-7-23-8-10-25-11-9-23)16-3-4-17(22-14-16)21-13-15-2-1-5-19-12-15/h1-5,12,14H,6-11,13H2,(H,20,24)(H,21,22). The number of carbonyl (C=O) groups is 1. The Hall–Kier alpha value is -2.51. The van der Waals surface area contributed by atoms with E-state index >= 15 is 0 Å². The van der Waals surface area contributed by atoms with Gasteiger partial charge in [-0.2, -0.15) is 0 Å². The first-order chi connectivity index (χ1) is 12.3. The van der Waals surface area contributed by atoms with E-state index in [2.05, 4.69) is 25.5 Å². The van der Waals surface area contributed by atoms with Gasteiger partial charge in [-0.3, -0.25) is 14.7 Å². The van der Waals surface area contributed by atoms with E-state index in [1.807, 2.05) is 24.4 Å². The highest BCUT2D eigenvalue weighted by atomic mass is 16.5. The maximum atomic E-state index is 12.2. The fraction of sp³-hybridized carbons (Fsp3) is 0.389. The van der Waals surface area contributed by atoms with Gasteiger partial charge in [0, 0.05) is 51.3 Å². The van der Waals surface area contributed by atoms with Crippen LogP contribution in [0.3, 0.4) is 0 Å². The number of amides is 1. The second-order valence-electron chi connectivity index (χ2n) is 5.86. The molecule has 2 N–H and O–H groups in total. The van der Waals surface area contributed by atoms with E-state index in [0.29, 0.717) is 18.7 Å². The first-order valence-corrected chi connectivity index (χ1v) is 8.48. The number of rotatable bonds is 7. The van der Waals surface area contributed by atoms with Gasteiger partial charge < -0.3 is 15.4 Å². The highest BCUT2D eigenvalue weighted by molar-refractivity contribution is 5.94. The van der Waals surface area contributed by atoms with Crippen LogP contribution in [0, 0.1) is 0 Å². The molecule has 2 aromatic rings. The van der Waals surface area contributed by atoms with Gasteiger partial charge in [0.15, 0.2) is 0 Å². The van der Waals surface area contributed by atoms with Crippen LogP contribution in [0.4, 0.5) is 5.82 Å². The molecule has 7 nitrogen and oxygen atoms in total. The van der Waals surface area contributed by atoms with Gasteiger partial charge in [-0.25, -0.2) is 4.98 Å². The summed E-state index contributed by atoms with van der Waals surface area (Å²) in [5.74, 6) is 0.633. The average Bonchev–Trinajstić information content (AvgIpc) is 2.68. The maximum Gasteiger partial charge on any atom is 0.252 e. The van der Waals surface area contributed by atoms with Gasteiger partial charge >= 0.3 is 0 Å². The second kappa shape index (κ2) is 9.10. The summed E-state index contributed by atoms with van der Waals surface area (Å²) in [4.78, 5) is 22.8. The first-order valence-electron chi connectivity index (χ1n) is 8.48. The van der Waals surface area contributed by atoms with Gasteiger partial charge in [0.25, 0.3) is 5.91 Å². The van der Waals surface area contributed by atoms with Crippen molar-refractivity contribution in [2.45, 2.75) is 6.54 Å². The number of pyridine rings is 2. The summed E-state index contributed by atoms with van der Waals surface area (Å²) in [6.07, 6.45) is 5.15. The molecule has 1 aliphatic heterocycles. The summed E-state index contributed by atoms with van der Waals surface area (Å²) < 4.78 is 5.31. The molecule has 0 unspecified atom stereocenters. The summed E-state index contributed by atoms with van der Waals surface area (Å²) in [6.45, 7) is 5.50. The normalized spacial score (nSPS) is 14.9. The minimum atomic E-state index is -0.0976. The molecule has 1 saturated heterocycles. The maximum absolute atomic E-state index is 12.2. The molecule has 0 aliphatic carbocycles. The van der Waals surface area contributed by atoms with E-state index in [4.69, 9.17) is 4.74 Å². The lowest BCUT2D eigenvalue weighted by atomic mass is 10.2. The third kappa shape index (κ3) is 5.51. The molecular weight excluding hydrogens is 318 g/mol. The van der Waals surface area contributed by atoms with Gasteiger partial charge in [0.2, 0.25) is 0 Å². The van der Waals surface area contributed by atoms with Crippen LogP contribution in [0.2, 0.25) is 0 Å². The number of ether oxygens (including phenoxy) is 1. The lowest BCUT2D eigenvalue weighted by molar-refractivity contribution is 0.0383. The number of nitrogens with one attached hydrogen (secondary N) is 2. The van der Waals surface area contributed by atoms with Gasteiger partial charge in [0.1, 0.15) is 5.82 Å². The van der Waals surface area contributed by atoms with E-state index in [1.165, 1.54) is 0 Å². The van der Waals surface area contributed by atoms with Crippen LogP contribution in [-0.2, 0) is 11.3 Å². The monoisotopic (exact) mass is 341 g/mol. The summed E-state index contributed by atoms with van der Waals surface area (Å²) in [6, 6.07) is 7.49. The van der Waals surface area contributed by atoms with E-state index in [1.54, 1.807) is 18.5 Å². The number of morpholine rings is 1. The number of nitrogens with zero attached hydrogens (tertiary/aromatic N) is 3. The molecule has 0 atom stereocenters. The summed E-state index contributed by atoms with van der Waals surface area (Å²) >= 11 is 0. The summed E-state index contributed by atoms with van der Waals surface area (Å²) in [5, 5.41) is 6.15. The quantitative estimate of drug-likeness (QED) is 0.786. The highest BCUT2D eigenvalue weighted by Crippen LogP contribution is 2.07. The van der Waals surface area contributed by atoms with Crippen LogP contribution in [-0.4, -0.2) is 60.2 Å². The van der Waals surface area contributed by atoms with Crippen molar-refractivity contribution in [3.8, 4) is 0 Å². The predicted octanol–water partition coefficient (Wildman–Crippen LogP) is 1.15. The van der Waals surface area contributed by atoms with Crippen molar-refractivity contribution in [3.05, 3.63) is 54.0 Å². The van der Waals surface area contributed by atoms with Gasteiger partial charge in [-0.05, 0) is 23.8 Å². The topological polar surface area (TPSA) is 79.4 Å². The fourth-order valence-corrected chi connectivity index (χ4v) is 2.58. The Morgan fingerprint density at radius 3 is 2.80 bits per heavy atom. The second-order valence-corrected chi connectivity index (χ2v) is 5.86. The van der Waals surface area contributed by atoms with Gasteiger partial charge in [-0.1, -0.05) is 6.07 Å². The Morgan fingerprint density at radius 2 is 2.08 bits per heavy atom. The van der Waals surface area contributed by atoms with E-state index < -0.39 is 0 Å². The molecule has 0 spiro atoms. The van der Waals surface area contributed by atoms with E-state index in [9.17, 15) is 4.79 Å². The van der Waals surface area contributed by atoms with Crippen molar-refractivity contribution in [1.82, 2.24) is 20.2 Å². The number of hydrogen-bond donors (Lipinski definition) is 2. The molecule has 3 rings (SSSR count). The van der Waals surface area contributed by atoms with Gasteiger partial charge in [0.05, 0.1) is 18.8 Å². The molecule has 0 radical (unpaired) electrons. The van der Waals surface area contributed by atoms with Crippen LogP contribution >= 0.6 is 0 Å². The first kappa shape index (κ1) is 17.3. The molecule has 0 aromatic carbocycles. The molecule has 2 aromatic heterocycles. The summed E-state index contributed by atoms with van der Waals surface area (Å²) in [5.41, 5.74) is 1.64. The van der Waals surface area contributed by atoms with Crippen LogP contribution in [0.5, 0.6) is 0 Å². The minimum absolute atomic E-state index is 0.0976. The predicted molar refractivity (Wildman–Crippen MR) is 95.4 cm³/mol. The Bertz CT molecular complexity index is 657. The molecule has 1 aliphatic rings. The van der Waals surface area contributed by atoms with Crippen molar-refractivity contribution in [1.29, 1.82) is 0 Å². The molecule has 0 saturated carbocycles. The summed E-state index contributed by atoms with van der Waals surface area (Å²) in [7, 11) is 0. The molecule has 132 valence electrons. The minimum Gasteiger partial charge on any atom is -0.379 e. The van der Waals surface area contributed by atoms with Crippen LogP contribution in [0.1, 0.15) is 15.9 Å². The largest absolute Gasteiger partial charge is 0.379 e. The molecule has 7 heteroatoms. The zero-order valence-electron chi connectivity index (χ0n) is 14.1. The van der Waals surface area contributed by atoms with E-state index in [0.717, 1.165) is 44.2 Å². The molecule has 3 heterocycles. The Morgan fingerprint density at radius 1 is 1.20 bits per heavy atom. The van der Waals surface area contributed by atoms with E-state index in [-0.39, 0.29) is 5.91 Å². The zero-order valence-corrected chi connectivity index (χ0v) is 14.1. The zero-order chi connectivity index (χ0) is 17.3. The Labute approximate surface area is 147 Å². The number of carbonyl (C=O) groups excluding carboxylic acids is 1. The number of aromatic nitrogens is 2. The highest BCUT2D eigenvalue weighted by Gasteiger charge is 2.11. The van der Waals surface area contributed by atoms with Crippen molar-refractivity contribution in [2.24, 2.45) is 0 Å². The van der Waals surface area contributed by atoms with Crippen LogP contribution in [0.15, 0.2) is 42.9 Å². The van der Waals surface area contributed by atoms with Gasteiger partial charge in [-0.15, -0.1) is 0 Å². The number of hydrogen-bond acceptors (Lipinski definition) is 6. The Balaban J connectivity index is 1.42. The van der Waals surface area contributed by atoms with Crippen LogP contribution in [0.25, 0.3) is 0 Å². The lowest BCUT2D eigenvalue weighted by Gasteiger charge is -2.26. The van der Waals surface area contributed by atoms with Crippen LogP contribution < -0.4 is 10.6 Å². The van der Waals surface area contributed by atoms with Crippen molar-refractivity contribution >= 4 is 11.7 Å². The third-order valence-electron chi connectivity index (χ3n) is 4.04. The molecule has 0 bridgehead atoms. The average molecular weight is 341 g/mol. The number of anilines is 1.